The summed E-state index contributed by atoms with van der Waals surface area (Å²) in [5.74, 6) is 0.429. The molecule has 6 nitrogen and oxygen atoms in total. The fourth-order valence-corrected chi connectivity index (χ4v) is 10.1. The molecule has 1 N–H and O–H groups in total. The molecule has 1 aliphatic carbocycles. The van der Waals surface area contributed by atoms with Crippen molar-refractivity contribution in [3.8, 4) is 5.69 Å². The highest BCUT2D eigenvalue weighted by Crippen LogP contribution is 2.86. The number of nitrogens with zero attached hydrogens (tertiary/aromatic N) is 3. The second-order valence-corrected chi connectivity index (χ2v) is 13.2. The second kappa shape index (κ2) is 8.76. The largest absolute Gasteiger partial charge is 0.354 e. The van der Waals surface area contributed by atoms with Gasteiger partial charge in [-0.2, -0.15) is 0 Å². The Balaban J connectivity index is 1.50. The predicted octanol–water partition coefficient (Wildman–Crippen LogP) is 5.45. The van der Waals surface area contributed by atoms with Crippen molar-refractivity contribution in [1.29, 1.82) is 0 Å². The third kappa shape index (κ3) is 2.71. The zero-order valence-electron chi connectivity index (χ0n) is 24.9. The first-order valence-corrected chi connectivity index (χ1v) is 15.8. The number of aromatic nitrogens is 2. The van der Waals surface area contributed by atoms with E-state index in [2.05, 4.69) is 83.0 Å². The average Bonchev–Trinajstić information content (AvgIpc) is 3.28. The number of piperidine rings is 1. The SMILES string of the molecule is CC(C)NC(=O)[C@@H]1[C@@]2(c3ccccc3)[C@H]3CCCN3[C@@]3(c4ccccc4-n4c3nc3ccccc3c4=O)[C@@]12c1ccccc1. The number of benzene rings is 4. The molecule has 1 aromatic heterocycles. The normalized spacial score (nSPS) is 29.4. The van der Waals surface area contributed by atoms with Crippen LogP contribution in [0.25, 0.3) is 16.6 Å². The molecule has 5 aromatic rings. The van der Waals surface area contributed by atoms with E-state index in [1.54, 1.807) is 0 Å². The Morgan fingerprint density at radius 1 is 0.864 bits per heavy atom. The van der Waals surface area contributed by atoms with E-state index in [-0.39, 0.29) is 29.5 Å². The highest BCUT2D eigenvalue weighted by atomic mass is 16.2. The van der Waals surface area contributed by atoms with Crippen molar-refractivity contribution in [3.05, 3.63) is 142 Å². The van der Waals surface area contributed by atoms with Crippen LogP contribution in [0.15, 0.2) is 114 Å². The van der Waals surface area contributed by atoms with Crippen LogP contribution in [0.1, 0.15) is 49.2 Å². The maximum absolute atomic E-state index is 14.8. The Kier molecular flexibility index (Phi) is 5.16. The van der Waals surface area contributed by atoms with Gasteiger partial charge in [0.05, 0.1) is 22.5 Å². The Labute approximate surface area is 256 Å². The molecule has 9 rings (SSSR count). The minimum absolute atomic E-state index is 0.00653. The molecule has 2 saturated heterocycles. The van der Waals surface area contributed by atoms with Crippen LogP contribution in [-0.4, -0.2) is 39.0 Å². The zero-order valence-corrected chi connectivity index (χ0v) is 24.9. The van der Waals surface area contributed by atoms with E-state index in [0.29, 0.717) is 10.9 Å². The number of para-hydroxylation sites is 2. The van der Waals surface area contributed by atoms with Gasteiger partial charge in [0, 0.05) is 28.5 Å². The summed E-state index contributed by atoms with van der Waals surface area (Å²) in [6, 6.07) is 37.4. The maximum atomic E-state index is 14.8. The fourth-order valence-electron chi connectivity index (χ4n) is 10.1. The maximum Gasteiger partial charge on any atom is 0.266 e. The number of fused-ring (bicyclic) bond motifs is 11. The van der Waals surface area contributed by atoms with Crippen molar-refractivity contribution in [3.63, 3.8) is 0 Å². The smallest absolute Gasteiger partial charge is 0.266 e. The molecule has 5 atom stereocenters. The summed E-state index contributed by atoms with van der Waals surface area (Å²) in [6.07, 6.45) is 1.99. The highest BCUT2D eigenvalue weighted by Gasteiger charge is 2.96. The predicted molar refractivity (Wildman–Crippen MR) is 171 cm³/mol. The van der Waals surface area contributed by atoms with Crippen LogP contribution < -0.4 is 10.9 Å². The van der Waals surface area contributed by atoms with Gasteiger partial charge in [-0.25, -0.2) is 4.98 Å². The van der Waals surface area contributed by atoms with E-state index in [9.17, 15) is 9.59 Å². The first-order chi connectivity index (χ1) is 21.5. The van der Waals surface area contributed by atoms with Gasteiger partial charge in [0.25, 0.3) is 5.56 Å². The van der Waals surface area contributed by atoms with Crippen molar-refractivity contribution >= 4 is 16.8 Å². The number of hydrogen-bond acceptors (Lipinski definition) is 4. The molecular weight excluding hydrogens is 544 g/mol. The van der Waals surface area contributed by atoms with E-state index in [4.69, 9.17) is 4.98 Å². The van der Waals surface area contributed by atoms with Crippen LogP contribution in [0.2, 0.25) is 0 Å². The minimum Gasteiger partial charge on any atom is -0.354 e. The minimum atomic E-state index is -0.843. The lowest BCUT2D eigenvalue weighted by Crippen LogP contribution is -2.55. The van der Waals surface area contributed by atoms with Gasteiger partial charge in [-0.1, -0.05) is 91.0 Å². The quantitative estimate of drug-likeness (QED) is 0.308. The summed E-state index contributed by atoms with van der Waals surface area (Å²) in [7, 11) is 0. The van der Waals surface area contributed by atoms with E-state index in [0.717, 1.165) is 42.0 Å². The summed E-state index contributed by atoms with van der Waals surface area (Å²) in [6.45, 7) is 4.93. The van der Waals surface area contributed by atoms with Gasteiger partial charge < -0.3 is 5.32 Å². The van der Waals surface area contributed by atoms with Crippen LogP contribution in [0, 0.1) is 5.92 Å². The number of carbonyl (C=O) groups excluding carboxylic acids is 1. The van der Waals surface area contributed by atoms with Crippen LogP contribution in [-0.2, 0) is 21.2 Å². The molecule has 218 valence electrons. The molecule has 4 aliphatic rings. The summed E-state index contributed by atoms with van der Waals surface area (Å²) in [5, 5.41) is 3.95. The lowest BCUT2D eigenvalue weighted by Gasteiger charge is -2.44. The lowest BCUT2D eigenvalue weighted by molar-refractivity contribution is -0.125. The molecule has 44 heavy (non-hydrogen) atoms. The summed E-state index contributed by atoms with van der Waals surface area (Å²) >= 11 is 0. The first kappa shape index (κ1) is 25.9. The van der Waals surface area contributed by atoms with Crippen molar-refractivity contribution in [2.75, 3.05) is 6.54 Å². The Hall–Kier alpha value is -4.55. The summed E-state index contributed by atoms with van der Waals surface area (Å²) in [4.78, 5) is 37.4. The first-order valence-electron chi connectivity index (χ1n) is 15.8. The van der Waals surface area contributed by atoms with Gasteiger partial charge in [-0.3, -0.25) is 19.1 Å². The molecule has 1 saturated carbocycles. The molecule has 3 fully saturated rings. The Bertz CT molecular complexity index is 2040. The lowest BCUT2D eigenvalue weighted by atomic mass is 9.67. The van der Waals surface area contributed by atoms with E-state index in [1.807, 2.05) is 54.8 Å². The molecule has 6 heteroatoms. The number of carbonyl (C=O) groups is 1. The van der Waals surface area contributed by atoms with Crippen molar-refractivity contribution < 1.29 is 4.79 Å². The van der Waals surface area contributed by atoms with Crippen molar-refractivity contribution in [2.24, 2.45) is 5.92 Å². The number of nitrogens with one attached hydrogen (secondary N) is 1. The molecule has 0 radical (unpaired) electrons. The third-order valence-corrected chi connectivity index (χ3v) is 11.0. The van der Waals surface area contributed by atoms with Gasteiger partial charge in [0.2, 0.25) is 5.91 Å². The fraction of sp³-hybridized carbons (Fsp3) is 0.289. The van der Waals surface area contributed by atoms with E-state index in [1.165, 1.54) is 5.56 Å². The number of amides is 1. The molecule has 1 spiro atoms. The number of rotatable bonds is 4. The second-order valence-electron chi connectivity index (χ2n) is 13.2. The van der Waals surface area contributed by atoms with Crippen LogP contribution in [0.5, 0.6) is 0 Å². The molecule has 0 bridgehead atoms. The molecule has 4 aromatic carbocycles. The van der Waals surface area contributed by atoms with E-state index >= 15 is 0 Å². The highest BCUT2D eigenvalue weighted by molar-refractivity contribution is 5.93. The number of hydrogen-bond donors (Lipinski definition) is 1. The zero-order chi connectivity index (χ0) is 29.8. The van der Waals surface area contributed by atoms with Crippen LogP contribution >= 0.6 is 0 Å². The van der Waals surface area contributed by atoms with Gasteiger partial charge in [0.1, 0.15) is 11.4 Å². The molecule has 3 aliphatic heterocycles. The molecule has 0 unspecified atom stereocenters. The van der Waals surface area contributed by atoms with E-state index < -0.39 is 16.4 Å². The topological polar surface area (TPSA) is 67.2 Å². The van der Waals surface area contributed by atoms with Crippen LogP contribution in [0.4, 0.5) is 0 Å². The van der Waals surface area contributed by atoms with Gasteiger partial charge >= 0.3 is 0 Å². The molecular formula is C38H34N4O2. The average molecular weight is 579 g/mol. The Morgan fingerprint density at radius 2 is 1.52 bits per heavy atom. The monoisotopic (exact) mass is 578 g/mol. The van der Waals surface area contributed by atoms with Crippen molar-refractivity contribution in [2.45, 2.75) is 55.1 Å². The van der Waals surface area contributed by atoms with Crippen molar-refractivity contribution in [1.82, 2.24) is 19.8 Å². The van der Waals surface area contributed by atoms with Crippen LogP contribution in [0.3, 0.4) is 0 Å². The van der Waals surface area contributed by atoms with Gasteiger partial charge in [-0.05, 0) is 62.6 Å². The Morgan fingerprint density at radius 3 is 2.27 bits per heavy atom. The van der Waals surface area contributed by atoms with Gasteiger partial charge in [-0.15, -0.1) is 0 Å². The standard InChI is InChI=1S/C38H34N4O2/c1-24(2)39-33(43)32-36(25-14-5-3-6-15-25)31-22-13-23-41(31)38(37(32,36)26-16-7-4-8-17-26)28-19-10-12-21-30(28)42-34(44)27-18-9-11-20-29(27)40-35(38)42/h3-12,14-21,24,31-32H,13,22-23H2,1-2H3,(H,39,43)/t31-,32-,36-,37+,38-/m1/s1. The summed E-state index contributed by atoms with van der Waals surface area (Å²) in [5.41, 5.74) is 2.77. The van der Waals surface area contributed by atoms with Gasteiger partial charge in [0.15, 0.2) is 0 Å². The summed E-state index contributed by atoms with van der Waals surface area (Å²) < 4.78 is 1.87. The third-order valence-electron chi connectivity index (χ3n) is 11.0. The molecule has 4 heterocycles. The molecule has 1 amide bonds.